The van der Waals surface area contributed by atoms with E-state index in [1.54, 1.807) is 19.5 Å². The topological polar surface area (TPSA) is 66.5 Å². The molecule has 2 aromatic rings. The molecule has 0 radical (unpaired) electrons. The maximum absolute atomic E-state index is 12.6. The minimum atomic E-state index is -0.160. The number of carbonyl (C=O) groups is 1. The first-order chi connectivity index (χ1) is 13.7. The van der Waals surface area contributed by atoms with Crippen LogP contribution in [0.5, 0.6) is 0 Å². The summed E-state index contributed by atoms with van der Waals surface area (Å²) in [6, 6.07) is 9.91. The summed E-state index contributed by atoms with van der Waals surface area (Å²) in [5, 5.41) is 6.21. The van der Waals surface area contributed by atoms with Gasteiger partial charge in [0.15, 0.2) is 0 Å². The molecular weight excluding hydrogens is 352 g/mol. The Balaban J connectivity index is 1.55. The lowest BCUT2D eigenvalue weighted by atomic mass is 9.99. The monoisotopic (exact) mass is 382 g/mol. The van der Waals surface area contributed by atoms with E-state index in [-0.39, 0.29) is 5.91 Å². The molecule has 6 nitrogen and oxygen atoms in total. The highest BCUT2D eigenvalue weighted by molar-refractivity contribution is 6.04. The SMILES string of the molecule is COCCCNc1cncc(C(=O)Nc2ccc(N3CCC(C)CC3)cc2)c1. The smallest absolute Gasteiger partial charge is 0.257 e. The number of anilines is 3. The standard InChI is InChI=1S/C22H30N4O2/c1-17-8-11-26(12-9-17)21-6-4-19(5-7-21)25-22(27)18-14-20(16-23-15-18)24-10-3-13-28-2/h4-7,14-17,24H,3,8-13H2,1-2H3,(H,25,27). The minimum absolute atomic E-state index is 0.160. The molecule has 0 bridgehead atoms. The summed E-state index contributed by atoms with van der Waals surface area (Å²) in [6.07, 6.45) is 6.68. The number of benzene rings is 1. The Morgan fingerprint density at radius 2 is 1.93 bits per heavy atom. The zero-order valence-electron chi connectivity index (χ0n) is 16.8. The highest BCUT2D eigenvalue weighted by Gasteiger charge is 2.16. The molecule has 3 rings (SSSR count). The van der Waals surface area contributed by atoms with Crippen LogP contribution in [0.25, 0.3) is 0 Å². The van der Waals surface area contributed by atoms with Gasteiger partial charge in [0.05, 0.1) is 11.3 Å². The molecule has 1 aromatic carbocycles. The first-order valence-electron chi connectivity index (χ1n) is 10.00. The lowest BCUT2D eigenvalue weighted by Gasteiger charge is -2.32. The summed E-state index contributed by atoms with van der Waals surface area (Å²) in [6.45, 7) is 5.99. The van der Waals surface area contributed by atoms with Crippen molar-refractivity contribution in [3.8, 4) is 0 Å². The van der Waals surface area contributed by atoms with Crippen molar-refractivity contribution in [1.82, 2.24) is 4.98 Å². The number of aromatic nitrogens is 1. The molecule has 28 heavy (non-hydrogen) atoms. The van der Waals surface area contributed by atoms with Crippen LogP contribution in [0.2, 0.25) is 0 Å². The Morgan fingerprint density at radius 3 is 2.64 bits per heavy atom. The van der Waals surface area contributed by atoms with Crippen molar-refractivity contribution in [3.05, 3.63) is 48.3 Å². The minimum Gasteiger partial charge on any atom is -0.385 e. The van der Waals surface area contributed by atoms with E-state index in [1.165, 1.54) is 18.5 Å². The van der Waals surface area contributed by atoms with Gasteiger partial charge in [0.25, 0.3) is 5.91 Å². The Bertz CT molecular complexity index is 755. The van der Waals surface area contributed by atoms with Gasteiger partial charge in [-0.25, -0.2) is 0 Å². The van der Waals surface area contributed by atoms with Gasteiger partial charge in [-0.3, -0.25) is 9.78 Å². The zero-order chi connectivity index (χ0) is 19.8. The van der Waals surface area contributed by atoms with Crippen molar-refractivity contribution in [3.63, 3.8) is 0 Å². The second-order valence-electron chi connectivity index (χ2n) is 7.41. The Hall–Kier alpha value is -2.60. The van der Waals surface area contributed by atoms with E-state index in [9.17, 15) is 4.79 Å². The molecule has 6 heteroatoms. The lowest BCUT2D eigenvalue weighted by molar-refractivity contribution is 0.102. The van der Waals surface area contributed by atoms with E-state index >= 15 is 0 Å². The van der Waals surface area contributed by atoms with Crippen LogP contribution in [0, 0.1) is 5.92 Å². The molecule has 1 amide bonds. The van der Waals surface area contributed by atoms with Crippen LogP contribution < -0.4 is 15.5 Å². The van der Waals surface area contributed by atoms with Gasteiger partial charge in [-0.2, -0.15) is 0 Å². The number of piperidine rings is 1. The Morgan fingerprint density at radius 1 is 1.18 bits per heavy atom. The summed E-state index contributed by atoms with van der Waals surface area (Å²) in [4.78, 5) is 19.1. The van der Waals surface area contributed by atoms with Crippen LogP contribution in [0.3, 0.4) is 0 Å². The number of nitrogens with zero attached hydrogens (tertiary/aromatic N) is 2. The van der Waals surface area contributed by atoms with E-state index < -0.39 is 0 Å². The summed E-state index contributed by atoms with van der Waals surface area (Å²) in [7, 11) is 1.69. The van der Waals surface area contributed by atoms with E-state index in [2.05, 4.69) is 39.6 Å². The highest BCUT2D eigenvalue weighted by atomic mass is 16.5. The molecule has 1 aliphatic rings. The molecule has 1 fully saturated rings. The first kappa shape index (κ1) is 20.1. The maximum atomic E-state index is 12.6. The summed E-state index contributed by atoms with van der Waals surface area (Å²) in [5.74, 6) is 0.654. The van der Waals surface area contributed by atoms with Crippen molar-refractivity contribution in [2.24, 2.45) is 5.92 Å². The van der Waals surface area contributed by atoms with Gasteiger partial charge < -0.3 is 20.3 Å². The number of hydrogen-bond acceptors (Lipinski definition) is 5. The molecule has 2 N–H and O–H groups in total. The average Bonchev–Trinajstić information content (AvgIpc) is 2.73. The molecule has 0 atom stereocenters. The van der Waals surface area contributed by atoms with Gasteiger partial charge in [-0.1, -0.05) is 6.92 Å². The third-order valence-corrected chi connectivity index (χ3v) is 5.13. The molecule has 0 saturated carbocycles. The zero-order valence-corrected chi connectivity index (χ0v) is 16.8. The number of carbonyl (C=O) groups excluding carboxylic acids is 1. The van der Waals surface area contributed by atoms with Gasteiger partial charge in [0.2, 0.25) is 0 Å². The van der Waals surface area contributed by atoms with Crippen molar-refractivity contribution in [1.29, 1.82) is 0 Å². The quantitative estimate of drug-likeness (QED) is 0.675. The van der Waals surface area contributed by atoms with Gasteiger partial charge in [0, 0.05) is 57.1 Å². The largest absolute Gasteiger partial charge is 0.385 e. The number of amides is 1. The molecule has 0 spiro atoms. The summed E-state index contributed by atoms with van der Waals surface area (Å²) < 4.78 is 5.04. The van der Waals surface area contributed by atoms with Crippen LogP contribution in [-0.2, 0) is 4.74 Å². The second-order valence-corrected chi connectivity index (χ2v) is 7.41. The molecule has 1 saturated heterocycles. The van der Waals surface area contributed by atoms with Crippen LogP contribution >= 0.6 is 0 Å². The molecule has 0 aliphatic carbocycles. The fraction of sp³-hybridized carbons (Fsp3) is 0.455. The Labute approximate surface area is 167 Å². The van der Waals surface area contributed by atoms with Crippen LogP contribution in [0.15, 0.2) is 42.7 Å². The van der Waals surface area contributed by atoms with Crippen LogP contribution in [-0.4, -0.2) is 44.2 Å². The molecule has 1 aromatic heterocycles. The third-order valence-electron chi connectivity index (χ3n) is 5.13. The lowest BCUT2D eigenvalue weighted by Crippen LogP contribution is -2.32. The number of hydrogen-bond donors (Lipinski definition) is 2. The molecule has 2 heterocycles. The highest BCUT2D eigenvalue weighted by Crippen LogP contribution is 2.24. The predicted octanol–water partition coefficient (Wildman–Crippen LogP) is 4.02. The fourth-order valence-corrected chi connectivity index (χ4v) is 3.34. The van der Waals surface area contributed by atoms with Crippen molar-refractivity contribution in [2.45, 2.75) is 26.2 Å². The normalized spacial score (nSPS) is 14.7. The number of nitrogens with one attached hydrogen (secondary N) is 2. The first-order valence-corrected chi connectivity index (χ1v) is 10.00. The number of ether oxygens (including phenoxy) is 1. The second kappa shape index (κ2) is 10.1. The molecule has 150 valence electrons. The van der Waals surface area contributed by atoms with Gasteiger partial charge in [0.1, 0.15) is 0 Å². The van der Waals surface area contributed by atoms with Gasteiger partial charge in [-0.15, -0.1) is 0 Å². The van der Waals surface area contributed by atoms with E-state index in [4.69, 9.17) is 4.74 Å². The molecule has 0 unspecified atom stereocenters. The molecule has 1 aliphatic heterocycles. The van der Waals surface area contributed by atoms with Gasteiger partial charge >= 0.3 is 0 Å². The number of pyridine rings is 1. The van der Waals surface area contributed by atoms with Crippen LogP contribution in [0.1, 0.15) is 36.5 Å². The van der Waals surface area contributed by atoms with Crippen molar-refractivity contribution < 1.29 is 9.53 Å². The van der Waals surface area contributed by atoms with E-state index in [0.29, 0.717) is 12.2 Å². The number of rotatable bonds is 8. The van der Waals surface area contributed by atoms with Crippen molar-refractivity contribution >= 4 is 23.0 Å². The maximum Gasteiger partial charge on any atom is 0.257 e. The van der Waals surface area contributed by atoms with E-state index in [1.807, 2.05) is 18.2 Å². The number of methoxy groups -OCH3 is 1. The summed E-state index contributed by atoms with van der Waals surface area (Å²) in [5.41, 5.74) is 3.37. The van der Waals surface area contributed by atoms with Crippen LogP contribution in [0.4, 0.5) is 17.1 Å². The Kier molecular flexibility index (Phi) is 7.25. The predicted molar refractivity (Wildman–Crippen MR) is 114 cm³/mol. The summed E-state index contributed by atoms with van der Waals surface area (Å²) >= 11 is 0. The van der Waals surface area contributed by atoms with E-state index in [0.717, 1.165) is 43.3 Å². The van der Waals surface area contributed by atoms with Crippen molar-refractivity contribution in [2.75, 3.05) is 48.9 Å². The fourth-order valence-electron chi connectivity index (χ4n) is 3.34. The molecular formula is C22H30N4O2. The van der Waals surface area contributed by atoms with Gasteiger partial charge in [-0.05, 0) is 55.5 Å². The average molecular weight is 383 g/mol. The third kappa shape index (κ3) is 5.70.